The first-order chi connectivity index (χ1) is 8.57. The zero-order valence-corrected chi connectivity index (χ0v) is 12.2. The maximum absolute atomic E-state index is 12.8. The van der Waals surface area contributed by atoms with Gasteiger partial charge in [-0.3, -0.25) is 0 Å². The Morgan fingerprint density at radius 1 is 0.944 bits per heavy atom. The molecule has 0 spiro atoms. The summed E-state index contributed by atoms with van der Waals surface area (Å²) >= 11 is 0. The molecule has 1 atom stereocenters. The second kappa shape index (κ2) is 8.12. The van der Waals surface area contributed by atoms with E-state index in [1.807, 2.05) is 0 Å². The standard InChI is InChI=1S/C16H30F2/c1-3-5-7-8-10-14(9-6-4-2)11-15-12-16(17,18)13-15/h14-15H,3-13H2,1-2H3. The van der Waals surface area contributed by atoms with Gasteiger partial charge < -0.3 is 0 Å². The summed E-state index contributed by atoms with van der Waals surface area (Å²) in [6.45, 7) is 4.44. The second-order valence-corrected chi connectivity index (χ2v) is 6.22. The van der Waals surface area contributed by atoms with Crippen LogP contribution in [0.25, 0.3) is 0 Å². The van der Waals surface area contributed by atoms with Crippen molar-refractivity contribution in [2.75, 3.05) is 0 Å². The molecule has 0 radical (unpaired) electrons. The molecule has 0 aromatic heterocycles. The van der Waals surface area contributed by atoms with Crippen LogP contribution in [0.5, 0.6) is 0 Å². The molecule has 0 aromatic rings. The van der Waals surface area contributed by atoms with Gasteiger partial charge in [-0.1, -0.05) is 65.2 Å². The van der Waals surface area contributed by atoms with Crippen LogP contribution in [0.15, 0.2) is 0 Å². The Morgan fingerprint density at radius 2 is 1.56 bits per heavy atom. The van der Waals surface area contributed by atoms with Crippen molar-refractivity contribution in [2.45, 2.75) is 90.4 Å². The van der Waals surface area contributed by atoms with Crippen molar-refractivity contribution < 1.29 is 8.78 Å². The minimum atomic E-state index is -2.33. The van der Waals surface area contributed by atoms with Crippen LogP contribution < -0.4 is 0 Å². The minimum absolute atomic E-state index is 0.157. The van der Waals surface area contributed by atoms with Gasteiger partial charge in [-0.05, 0) is 18.3 Å². The molecule has 1 aliphatic rings. The number of unbranched alkanes of at least 4 members (excludes halogenated alkanes) is 4. The molecule has 1 rings (SSSR count). The van der Waals surface area contributed by atoms with Crippen LogP contribution in [-0.4, -0.2) is 5.92 Å². The molecule has 2 heteroatoms. The number of rotatable bonds is 10. The molecule has 0 aliphatic heterocycles. The predicted octanol–water partition coefficient (Wildman–Crippen LogP) is 6.20. The molecule has 1 unspecified atom stereocenters. The molecule has 0 saturated heterocycles. The monoisotopic (exact) mass is 260 g/mol. The van der Waals surface area contributed by atoms with Gasteiger partial charge in [0.05, 0.1) is 0 Å². The van der Waals surface area contributed by atoms with E-state index in [1.54, 1.807) is 0 Å². The molecular formula is C16H30F2. The lowest BCUT2D eigenvalue weighted by Crippen LogP contribution is -2.36. The summed E-state index contributed by atoms with van der Waals surface area (Å²) in [6, 6.07) is 0. The highest BCUT2D eigenvalue weighted by molar-refractivity contribution is 4.87. The van der Waals surface area contributed by atoms with Gasteiger partial charge in [-0.15, -0.1) is 0 Å². The number of hydrogen-bond donors (Lipinski definition) is 0. The van der Waals surface area contributed by atoms with Crippen LogP contribution in [0.3, 0.4) is 0 Å². The van der Waals surface area contributed by atoms with Crippen molar-refractivity contribution in [3.8, 4) is 0 Å². The summed E-state index contributed by atoms with van der Waals surface area (Å²) < 4.78 is 25.7. The maximum Gasteiger partial charge on any atom is 0.248 e. The van der Waals surface area contributed by atoms with Gasteiger partial charge in [-0.2, -0.15) is 0 Å². The van der Waals surface area contributed by atoms with E-state index in [1.165, 1.54) is 51.4 Å². The fourth-order valence-electron chi connectivity index (χ4n) is 3.16. The molecule has 0 aromatic carbocycles. The second-order valence-electron chi connectivity index (χ2n) is 6.22. The summed E-state index contributed by atoms with van der Waals surface area (Å²) in [5, 5.41) is 0. The number of hydrogen-bond acceptors (Lipinski definition) is 0. The molecule has 18 heavy (non-hydrogen) atoms. The quantitative estimate of drug-likeness (QED) is 0.410. The Labute approximate surface area is 112 Å². The SMILES string of the molecule is CCCCCCC(CCCC)CC1CC(F)(F)C1. The largest absolute Gasteiger partial charge is 0.248 e. The average molecular weight is 260 g/mol. The molecule has 1 aliphatic carbocycles. The first-order valence-electron chi connectivity index (χ1n) is 7.95. The molecule has 0 heterocycles. The topological polar surface area (TPSA) is 0 Å². The molecule has 0 N–H and O–H groups in total. The zero-order chi connectivity index (χ0) is 13.4. The van der Waals surface area contributed by atoms with E-state index in [0.29, 0.717) is 11.8 Å². The van der Waals surface area contributed by atoms with Crippen LogP contribution in [-0.2, 0) is 0 Å². The summed E-state index contributed by atoms with van der Waals surface area (Å²) in [5.74, 6) is -1.31. The minimum Gasteiger partial charge on any atom is -0.207 e. The predicted molar refractivity (Wildman–Crippen MR) is 74.1 cm³/mol. The molecule has 1 saturated carbocycles. The molecule has 0 nitrogen and oxygen atoms in total. The van der Waals surface area contributed by atoms with Gasteiger partial charge in [0.2, 0.25) is 5.92 Å². The third kappa shape index (κ3) is 6.15. The van der Waals surface area contributed by atoms with E-state index in [4.69, 9.17) is 0 Å². The molecule has 1 fully saturated rings. The fraction of sp³-hybridized carbons (Fsp3) is 1.00. The van der Waals surface area contributed by atoms with Gasteiger partial charge in [0.15, 0.2) is 0 Å². The lowest BCUT2D eigenvalue weighted by Gasteiger charge is -2.37. The van der Waals surface area contributed by atoms with E-state index in [-0.39, 0.29) is 12.8 Å². The Balaban J connectivity index is 2.18. The average Bonchev–Trinajstić information content (AvgIpc) is 2.28. The van der Waals surface area contributed by atoms with E-state index in [0.717, 1.165) is 6.42 Å². The van der Waals surface area contributed by atoms with E-state index >= 15 is 0 Å². The highest BCUT2D eigenvalue weighted by Crippen LogP contribution is 2.46. The third-order valence-corrected chi connectivity index (χ3v) is 4.27. The van der Waals surface area contributed by atoms with Crippen LogP contribution in [0.4, 0.5) is 8.78 Å². The van der Waals surface area contributed by atoms with Crippen LogP contribution in [0, 0.1) is 11.8 Å². The first kappa shape index (κ1) is 15.9. The third-order valence-electron chi connectivity index (χ3n) is 4.27. The van der Waals surface area contributed by atoms with E-state index in [9.17, 15) is 8.78 Å². The lowest BCUT2D eigenvalue weighted by molar-refractivity contribution is -0.115. The fourth-order valence-corrected chi connectivity index (χ4v) is 3.16. The van der Waals surface area contributed by atoms with Crippen molar-refractivity contribution in [3.05, 3.63) is 0 Å². The summed E-state index contributed by atoms with van der Waals surface area (Å²) in [7, 11) is 0. The number of halogens is 2. The van der Waals surface area contributed by atoms with Gasteiger partial charge in [0.1, 0.15) is 0 Å². The Morgan fingerprint density at radius 3 is 2.11 bits per heavy atom. The Bertz CT molecular complexity index is 205. The van der Waals surface area contributed by atoms with Crippen molar-refractivity contribution in [2.24, 2.45) is 11.8 Å². The Hall–Kier alpha value is -0.140. The van der Waals surface area contributed by atoms with Gasteiger partial charge in [0, 0.05) is 12.8 Å². The normalized spacial score (nSPS) is 20.7. The maximum atomic E-state index is 12.8. The summed E-state index contributed by atoms with van der Waals surface area (Å²) in [6.07, 6.45) is 11.6. The number of alkyl halides is 2. The summed E-state index contributed by atoms with van der Waals surface area (Å²) in [4.78, 5) is 0. The first-order valence-corrected chi connectivity index (χ1v) is 7.95. The smallest absolute Gasteiger partial charge is 0.207 e. The van der Waals surface area contributed by atoms with Gasteiger partial charge in [-0.25, -0.2) is 8.78 Å². The van der Waals surface area contributed by atoms with Gasteiger partial charge >= 0.3 is 0 Å². The molecule has 0 amide bonds. The van der Waals surface area contributed by atoms with Crippen molar-refractivity contribution in [1.29, 1.82) is 0 Å². The highest BCUT2D eigenvalue weighted by atomic mass is 19.3. The molecule has 108 valence electrons. The highest BCUT2D eigenvalue weighted by Gasteiger charge is 2.45. The lowest BCUT2D eigenvalue weighted by atomic mass is 9.74. The van der Waals surface area contributed by atoms with Crippen LogP contribution in [0.2, 0.25) is 0 Å². The molecule has 0 bridgehead atoms. The van der Waals surface area contributed by atoms with Crippen molar-refractivity contribution in [1.82, 2.24) is 0 Å². The summed E-state index contributed by atoms with van der Waals surface area (Å²) in [5.41, 5.74) is 0. The van der Waals surface area contributed by atoms with Crippen molar-refractivity contribution in [3.63, 3.8) is 0 Å². The van der Waals surface area contributed by atoms with E-state index in [2.05, 4.69) is 13.8 Å². The van der Waals surface area contributed by atoms with Crippen LogP contribution >= 0.6 is 0 Å². The van der Waals surface area contributed by atoms with E-state index < -0.39 is 5.92 Å². The van der Waals surface area contributed by atoms with Crippen LogP contribution in [0.1, 0.15) is 84.5 Å². The zero-order valence-electron chi connectivity index (χ0n) is 12.2. The van der Waals surface area contributed by atoms with Crippen molar-refractivity contribution >= 4 is 0 Å². The Kier molecular flexibility index (Phi) is 7.18. The molecular weight excluding hydrogens is 230 g/mol. The van der Waals surface area contributed by atoms with Gasteiger partial charge in [0.25, 0.3) is 0 Å².